The second-order valence-electron chi connectivity index (χ2n) is 4.69. The van der Waals surface area contributed by atoms with Gasteiger partial charge in [-0.2, -0.15) is 13.2 Å². The van der Waals surface area contributed by atoms with E-state index in [-0.39, 0.29) is 11.6 Å². The Bertz CT molecular complexity index is 450. The maximum Gasteiger partial charge on any atom is 0.416 e. The normalized spacial score (nSPS) is 20.0. The molecule has 0 bridgehead atoms. The van der Waals surface area contributed by atoms with E-state index in [2.05, 4.69) is 4.98 Å². The van der Waals surface area contributed by atoms with Crippen LogP contribution in [-0.4, -0.2) is 31.8 Å². The third kappa shape index (κ3) is 3.28. The number of nitrogens with zero attached hydrogens (tertiary/aromatic N) is 2. The van der Waals surface area contributed by atoms with E-state index in [1.807, 2.05) is 4.90 Å². The van der Waals surface area contributed by atoms with Crippen LogP contribution in [0.4, 0.5) is 24.8 Å². The number of hydrogen-bond acceptors (Lipinski definition) is 4. The van der Waals surface area contributed by atoms with Gasteiger partial charge in [0.25, 0.3) is 0 Å². The van der Waals surface area contributed by atoms with Crippen LogP contribution >= 0.6 is 0 Å². The van der Waals surface area contributed by atoms with E-state index in [0.717, 1.165) is 18.6 Å². The molecule has 0 aliphatic carbocycles. The number of rotatable bonds is 3. The number of pyridine rings is 1. The molecule has 0 amide bonds. The molecule has 2 heterocycles. The Morgan fingerprint density at radius 2 is 2.21 bits per heavy atom. The van der Waals surface area contributed by atoms with Gasteiger partial charge in [-0.1, -0.05) is 0 Å². The highest BCUT2D eigenvalue weighted by atomic mass is 19.4. The summed E-state index contributed by atoms with van der Waals surface area (Å²) in [5.74, 6) is 0.494. The van der Waals surface area contributed by atoms with Crippen LogP contribution in [0.5, 0.6) is 0 Å². The Kier molecular flexibility index (Phi) is 3.84. The maximum absolute atomic E-state index is 12.7. The number of methoxy groups -OCH3 is 1. The first kappa shape index (κ1) is 13.9. The lowest BCUT2D eigenvalue weighted by Gasteiger charge is -2.19. The molecule has 1 aliphatic heterocycles. The fraction of sp³-hybridized carbons (Fsp3) is 0.583. The van der Waals surface area contributed by atoms with E-state index in [4.69, 9.17) is 10.5 Å². The fourth-order valence-corrected chi connectivity index (χ4v) is 2.28. The summed E-state index contributed by atoms with van der Waals surface area (Å²) in [4.78, 5) is 5.80. The quantitative estimate of drug-likeness (QED) is 0.918. The van der Waals surface area contributed by atoms with Crippen molar-refractivity contribution < 1.29 is 17.9 Å². The lowest BCUT2D eigenvalue weighted by atomic mass is 10.1. The summed E-state index contributed by atoms with van der Waals surface area (Å²) < 4.78 is 43.2. The minimum atomic E-state index is -4.41. The summed E-state index contributed by atoms with van der Waals surface area (Å²) in [6.45, 7) is 1.91. The number of nitrogens with two attached hydrogens (primary N) is 1. The fourth-order valence-electron chi connectivity index (χ4n) is 2.28. The zero-order valence-corrected chi connectivity index (χ0v) is 10.6. The minimum absolute atomic E-state index is 0.111. The van der Waals surface area contributed by atoms with Gasteiger partial charge in [-0.25, -0.2) is 4.98 Å². The van der Waals surface area contributed by atoms with Gasteiger partial charge in [0, 0.05) is 26.1 Å². The van der Waals surface area contributed by atoms with Crippen molar-refractivity contribution in [3.8, 4) is 0 Å². The molecule has 19 heavy (non-hydrogen) atoms. The van der Waals surface area contributed by atoms with Crippen LogP contribution in [0.25, 0.3) is 0 Å². The van der Waals surface area contributed by atoms with Crippen molar-refractivity contribution >= 4 is 11.6 Å². The smallest absolute Gasteiger partial charge is 0.384 e. The molecule has 1 fully saturated rings. The van der Waals surface area contributed by atoms with Gasteiger partial charge < -0.3 is 15.4 Å². The van der Waals surface area contributed by atoms with Gasteiger partial charge in [-0.15, -0.1) is 0 Å². The summed E-state index contributed by atoms with van der Waals surface area (Å²) in [7, 11) is 1.61. The van der Waals surface area contributed by atoms with Crippen LogP contribution in [-0.2, 0) is 10.9 Å². The van der Waals surface area contributed by atoms with Gasteiger partial charge in [-0.3, -0.25) is 0 Å². The number of alkyl halides is 3. The van der Waals surface area contributed by atoms with E-state index in [0.29, 0.717) is 25.6 Å². The van der Waals surface area contributed by atoms with E-state index in [1.54, 1.807) is 7.11 Å². The lowest BCUT2D eigenvalue weighted by Crippen LogP contribution is -2.23. The first-order valence-electron chi connectivity index (χ1n) is 5.99. The molecule has 4 nitrogen and oxygen atoms in total. The highest BCUT2D eigenvalue weighted by Gasteiger charge is 2.33. The molecule has 2 rings (SSSR count). The lowest BCUT2D eigenvalue weighted by molar-refractivity contribution is -0.137. The monoisotopic (exact) mass is 275 g/mol. The largest absolute Gasteiger partial charge is 0.416 e. The molecule has 1 atom stereocenters. The molecule has 1 saturated heterocycles. The molecule has 1 aromatic heterocycles. The first-order chi connectivity index (χ1) is 8.90. The Hall–Kier alpha value is -1.50. The standard InChI is InChI=1S/C12H16F3N3O/c1-19-7-8-2-3-18(6-8)11-5-9(12(13,14)15)4-10(16)17-11/h4-5,8H,2-3,6-7H2,1H3,(H2,16,17). The molecular formula is C12H16F3N3O. The predicted octanol–water partition coefficient (Wildman–Crippen LogP) is 2.16. The molecule has 0 saturated carbocycles. The van der Waals surface area contributed by atoms with E-state index < -0.39 is 11.7 Å². The van der Waals surface area contributed by atoms with Crippen molar-refractivity contribution in [1.82, 2.24) is 4.98 Å². The van der Waals surface area contributed by atoms with Crippen molar-refractivity contribution in [2.75, 3.05) is 37.4 Å². The number of nitrogen functional groups attached to an aromatic ring is 1. The molecule has 0 spiro atoms. The summed E-state index contributed by atoms with van der Waals surface area (Å²) in [5, 5.41) is 0. The van der Waals surface area contributed by atoms with E-state index >= 15 is 0 Å². The average molecular weight is 275 g/mol. The summed E-state index contributed by atoms with van der Waals surface area (Å²) in [6.07, 6.45) is -3.52. The Labute approximate surface area is 109 Å². The molecule has 106 valence electrons. The number of halogens is 3. The molecule has 1 unspecified atom stereocenters. The van der Waals surface area contributed by atoms with Crippen molar-refractivity contribution in [3.05, 3.63) is 17.7 Å². The molecule has 0 aromatic carbocycles. The number of anilines is 2. The van der Waals surface area contributed by atoms with Gasteiger partial charge in [0.2, 0.25) is 0 Å². The zero-order chi connectivity index (χ0) is 14.0. The van der Waals surface area contributed by atoms with Crippen molar-refractivity contribution in [3.63, 3.8) is 0 Å². The van der Waals surface area contributed by atoms with Crippen LogP contribution in [0.3, 0.4) is 0 Å². The average Bonchev–Trinajstić information content (AvgIpc) is 2.76. The highest BCUT2D eigenvalue weighted by Crippen LogP contribution is 2.33. The first-order valence-corrected chi connectivity index (χ1v) is 5.99. The molecular weight excluding hydrogens is 259 g/mol. The second-order valence-corrected chi connectivity index (χ2v) is 4.69. The van der Waals surface area contributed by atoms with Crippen LogP contribution in [0.15, 0.2) is 12.1 Å². The van der Waals surface area contributed by atoms with Gasteiger partial charge in [0.05, 0.1) is 12.2 Å². The van der Waals surface area contributed by atoms with Gasteiger partial charge in [-0.05, 0) is 18.6 Å². The van der Waals surface area contributed by atoms with Gasteiger partial charge in [0.15, 0.2) is 0 Å². The predicted molar refractivity (Wildman–Crippen MR) is 65.8 cm³/mol. The third-order valence-corrected chi connectivity index (χ3v) is 3.17. The SMILES string of the molecule is COCC1CCN(c2cc(C(F)(F)F)cc(N)n2)C1. The van der Waals surface area contributed by atoms with Crippen LogP contribution < -0.4 is 10.6 Å². The van der Waals surface area contributed by atoms with E-state index in [9.17, 15) is 13.2 Å². The van der Waals surface area contributed by atoms with Gasteiger partial charge >= 0.3 is 6.18 Å². The number of aromatic nitrogens is 1. The van der Waals surface area contributed by atoms with Crippen LogP contribution in [0.1, 0.15) is 12.0 Å². The Balaban J connectivity index is 2.19. The molecule has 7 heteroatoms. The zero-order valence-electron chi connectivity index (χ0n) is 10.6. The molecule has 0 radical (unpaired) electrons. The molecule has 1 aromatic rings. The summed E-state index contributed by atoms with van der Waals surface area (Å²) in [5.41, 5.74) is 4.70. The minimum Gasteiger partial charge on any atom is -0.384 e. The summed E-state index contributed by atoms with van der Waals surface area (Å²) >= 11 is 0. The summed E-state index contributed by atoms with van der Waals surface area (Å²) in [6, 6.07) is 1.90. The molecule has 1 aliphatic rings. The highest BCUT2D eigenvalue weighted by molar-refractivity contribution is 5.50. The van der Waals surface area contributed by atoms with Crippen LogP contribution in [0, 0.1) is 5.92 Å². The van der Waals surface area contributed by atoms with Crippen molar-refractivity contribution in [1.29, 1.82) is 0 Å². The second kappa shape index (κ2) is 5.24. The van der Waals surface area contributed by atoms with Crippen LogP contribution in [0.2, 0.25) is 0 Å². The molecule has 2 N–H and O–H groups in total. The van der Waals surface area contributed by atoms with Crippen molar-refractivity contribution in [2.24, 2.45) is 5.92 Å². The third-order valence-electron chi connectivity index (χ3n) is 3.17. The number of hydrogen-bond donors (Lipinski definition) is 1. The Morgan fingerprint density at radius 3 is 2.84 bits per heavy atom. The van der Waals surface area contributed by atoms with E-state index in [1.165, 1.54) is 0 Å². The maximum atomic E-state index is 12.7. The van der Waals surface area contributed by atoms with Gasteiger partial charge in [0.1, 0.15) is 11.6 Å². The number of ether oxygens (including phenoxy) is 1. The topological polar surface area (TPSA) is 51.4 Å². The van der Waals surface area contributed by atoms with Crippen molar-refractivity contribution in [2.45, 2.75) is 12.6 Å². The Morgan fingerprint density at radius 1 is 1.47 bits per heavy atom.